The van der Waals surface area contributed by atoms with Gasteiger partial charge in [-0.1, -0.05) is 0 Å². The van der Waals surface area contributed by atoms with Gasteiger partial charge in [-0.15, -0.1) is 0 Å². The summed E-state index contributed by atoms with van der Waals surface area (Å²) < 4.78 is 15.7. The fourth-order valence-electron chi connectivity index (χ4n) is 3.04. The molecule has 1 fully saturated rings. The van der Waals surface area contributed by atoms with Crippen LogP contribution in [-0.2, 0) is 0 Å². The Bertz CT molecular complexity index is 801. The first kappa shape index (κ1) is 18.7. The lowest BCUT2D eigenvalue weighted by Gasteiger charge is -2.23. The number of ether oxygens (including phenoxy) is 3. The molecule has 0 saturated carbocycles. The minimum atomic E-state index is -0.116. The lowest BCUT2D eigenvalue weighted by atomic mass is 10.2. The fraction of sp³-hybridized carbons (Fsp3) is 0.444. The predicted molar refractivity (Wildman–Crippen MR) is 98.7 cm³/mol. The van der Waals surface area contributed by atoms with Gasteiger partial charge < -0.3 is 24.0 Å². The van der Waals surface area contributed by atoms with Crippen molar-refractivity contribution in [1.82, 2.24) is 19.9 Å². The topological polar surface area (TPSA) is 89.9 Å². The van der Waals surface area contributed by atoms with E-state index in [0.717, 1.165) is 13.0 Å². The molecule has 1 saturated heterocycles. The van der Waals surface area contributed by atoms with Crippen molar-refractivity contribution < 1.29 is 19.0 Å². The average molecular weight is 373 g/mol. The minimum Gasteiger partial charge on any atom is -0.481 e. The van der Waals surface area contributed by atoms with E-state index in [1.807, 2.05) is 0 Å². The lowest BCUT2D eigenvalue weighted by molar-refractivity contribution is 0.0762. The summed E-state index contributed by atoms with van der Waals surface area (Å²) in [5.41, 5.74) is 0.420. The molecule has 27 heavy (non-hydrogen) atoms. The SMILES string of the molecule is COc1ccc(C(=O)N2CCCN(c3nccnc3OC)CC2)c(OC)n1. The van der Waals surface area contributed by atoms with Crippen molar-refractivity contribution in [3.63, 3.8) is 0 Å². The zero-order valence-electron chi connectivity index (χ0n) is 15.7. The van der Waals surface area contributed by atoms with Gasteiger partial charge in [-0.2, -0.15) is 4.98 Å². The monoisotopic (exact) mass is 373 g/mol. The Hall–Kier alpha value is -3.10. The van der Waals surface area contributed by atoms with Crippen LogP contribution in [0.1, 0.15) is 16.8 Å². The number of aromatic nitrogens is 3. The highest BCUT2D eigenvalue weighted by Crippen LogP contribution is 2.25. The number of hydrogen-bond acceptors (Lipinski definition) is 8. The molecule has 0 spiro atoms. The summed E-state index contributed by atoms with van der Waals surface area (Å²) in [4.78, 5) is 29.7. The minimum absolute atomic E-state index is 0.116. The van der Waals surface area contributed by atoms with E-state index in [2.05, 4.69) is 19.9 Å². The first-order chi connectivity index (χ1) is 13.2. The molecule has 2 aromatic heterocycles. The van der Waals surface area contributed by atoms with Crippen molar-refractivity contribution in [1.29, 1.82) is 0 Å². The van der Waals surface area contributed by atoms with Crippen LogP contribution in [0.25, 0.3) is 0 Å². The molecular formula is C18H23N5O4. The van der Waals surface area contributed by atoms with Crippen molar-refractivity contribution in [2.45, 2.75) is 6.42 Å². The van der Waals surface area contributed by atoms with Crippen molar-refractivity contribution in [2.75, 3.05) is 52.4 Å². The van der Waals surface area contributed by atoms with Crippen LogP contribution in [0.15, 0.2) is 24.5 Å². The van der Waals surface area contributed by atoms with Gasteiger partial charge in [0, 0.05) is 44.6 Å². The van der Waals surface area contributed by atoms with Crippen molar-refractivity contribution in [2.24, 2.45) is 0 Å². The van der Waals surface area contributed by atoms with Crippen LogP contribution in [0.2, 0.25) is 0 Å². The van der Waals surface area contributed by atoms with Gasteiger partial charge in [0.15, 0.2) is 5.82 Å². The second-order valence-electron chi connectivity index (χ2n) is 5.93. The van der Waals surface area contributed by atoms with E-state index in [9.17, 15) is 4.79 Å². The van der Waals surface area contributed by atoms with Crippen molar-refractivity contribution in [3.8, 4) is 17.6 Å². The van der Waals surface area contributed by atoms with E-state index in [-0.39, 0.29) is 11.8 Å². The summed E-state index contributed by atoms with van der Waals surface area (Å²) in [7, 11) is 4.58. The Morgan fingerprint density at radius 2 is 1.70 bits per heavy atom. The summed E-state index contributed by atoms with van der Waals surface area (Å²) in [6.45, 7) is 2.57. The first-order valence-corrected chi connectivity index (χ1v) is 8.66. The van der Waals surface area contributed by atoms with E-state index < -0.39 is 0 Å². The van der Waals surface area contributed by atoms with Crippen LogP contribution < -0.4 is 19.1 Å². The summed E-state index contributed by atoms with van der Waals surface area (Å²) in [5, 5.41) is 0. The number of methoxy groups -OCH3 is 3. The quantitative estimate of drug-likeness (QED) is 0.774. The molecule has 9 nitrogen and oxygen atoms in total. The maximum absolute atomic E-state index is 13.0. The van der Waals surface area contributed by atoms with Crippen LogP contribution in [0.5, 0.6) is 17.6 Å². The van der Waals surface area contributed by atoms with Crippen LogP contribution in [-0.4, -0.2) is 73.3 Å². The van der Waals surface area contributed by atoms with Gasteiger partial charge in [0.1, 0.15) is 5.56 Å². The number of carbonyl (C=O) groups excluding carboxylic acids is 1. The number of rotatable bonds is 5. The van der Waals surface area contributed by atoms with Gasteiger partial charge in [0.25, 0.3) is 11.8 Å². The standard InChI is InChI=1S/C18H23N5O4/c1-25-14-6-5-13(16(21-14)26-2)18(24)23-10-4-9-22(11-12-23)15-17(27-3)20-8-7-19-15/h5-8H,4,9-12H2,1-3H3. The average Bonchev–Trinajstić information content (AvgIpc) is 2.98. The first-order valence-electron chi connectivity index (χ1n) is 8.66. The molecule has 0 bridgehead atoms. The Balaban J connectivity index is 1.75. The van der Waals surface area contributed by atoms with Crippen molar-refractivity contribution in [3.05, 3.63) is 30.1 Å². The molecule has 0 atom stereocenters. The molecule has 0 N–H and O–H groups in total. The van der Waals surface area contributed by atoms with Gasteiger partial charge in [0.05, 0.1) is 21.3 Å². The molecule has 1 aliphatic heterocycles. The van der Waals surface area contributed by atoms with Gasteiger partial charge in [-0.3, -0.25) is 4.79 Å². The van der Waals surface area contributed by atoms with Gasteiger partial charge >= 0.3 is 0 Å². The zero-order valence-corrected chi connectivity index (χ0v) is 15.7. The second kappa shape index (κ2) is 8.52. The van der Waals surface area contributed by atoms with Crippen LogP contribution >= 0.6 is 0 Å². The fourth-order valence-corrected chi connectivity index (χ4v) is 3.04. The zero-order chi connectivity index (χ0) is 19.2. The van der Waals surface area contributed by atoms with Gasteiger partial charge in [0.2, 0.25) is 11.8 Å². The maximum atomic E-state index is 13.0. The van der Waals surface area contributed by atoms with E-state index in [1.165, 1.54) is 14.2 Å². The summed E-state index contributed by atoms with van der Waals surface area (Å²) >= 11 is 0. The Kier molecular flexibility index (Phi) is 5.90. The largest absolute Gasteiger partial charge is 0.481 e. The Morgan fingerprint density at radius 1 is 0.926 bits per heavy atom. The third kappa shape index (κ3) is 4.02. The molecule has 9 heteroatoms. The highest BCUT2D eigenvalue weighted by molar-refractivity contribution is 5.96. The molecule has 3 heterocycles. The molecule has 0 aromatic carbocycles. The van der Waals surface area contributed by atoms with E-state index in [4.69, 9.17) is 14.2 Å². The number of hydrogen-bond donors (Lipinski definition) is 0. The predicted octanol–water partition coefficient (Wildman–Crippen LogP) is 1.25. The number of nitrogens with zero attached hydrogens (tertiary/aromatic N) is 5. The molecule has 0 radical (unpaired) electrons. The molecule has 0 aliphatic carbocycles. The van der Waals surface area contributed by atoms with E-state index in [1.54, 1.807) is 36.5 Å². The molecule has 0 unspecified atom stereocenters. The maximum Gasteiger partial charge on any atom is 0.259 e. The lowest BCUT2D eigenvalue weighted by Crippen LogP contribution is -2.35. The van der Waals surface area contributed by atoms with E-state index >= 15 is 0 Å². The molecule has 1 aliphatic rings. The highest BCUT2D eigenvalue weighted by Gasteiger charge is 2.25. The number of amides is 1. The van der Waals surface area contributed by atoms with Gasteiger partial charge in [-0.05, 0) is 12.5 Å². The Labute approximate surface area is 157 Å². The molecule has 144 valence electrons. The molecule has 2 aromatic rings. The second-order valence-corrected chi connectivity index (χ2v) is 5.93. The highest BCUT2D eigenvalue weighted by atomic mass is 16.5. The van der Waals surface area contributed by atoms with Crippen molar-refractivity contribution >= 4 is 11.7 Å². The summed E-state index contributed by atoms with van der Waals surface area (Å²) in [6.07, 6.45) is 4.04. The van der Waals surface area contributed by atoms with Crippen LogP contribution in [0, 0.1) is 0 Å². The number of anilines is 1. The number of pyridine rings is 1. The normalized spacial score (nSPS) is 14.5. The summed E-state index contributed by atoms with van der Waals surface area (Å²) in [5.74, 6) is 1.72. The van der Waals surface area contributed by atoms with E-state index in [0.29, 0.717) is 42.8 Å². The molecular weight excluding hydrogens is 350 g/mol. The van der Waals surface area contributed by atoms with Gasteiger partial charge in [-0.25, -0.2) is 9.97 Å². The Morgan fingerprint density at radius 3 is 2.44 bits per heavy atom. The molecule has 1 amide bonds. The summed E-state index contributed by atoms with van der Waals surface area (Å²) in [6, 6.07) is 3.34. The third-order valence-corrected chi connectivity index (χ3v) is 4.39. The number of carbonyl (C=O) groups is 1. The third-order valence-electron chi connectivity index (χ3n) is 4.39. The molecule has 3 rings (SSSR count). The van der Waals surface area contributed by atoms with Crippen LogP contribution in [0.4, 0.5) is 5.82 Å². The van der Waals surface area contributed by atoms with Crippen LogP contribution in [0.3, 0.4) is 0 Å². The smallest absolute Gasteiger partial charge is 0.259 e.